The average Bonchev–Trinajstić information content (AvgIpc) is 2.89. The van der Waals surface area contributed by atoms with Crippen LogP contribution in [0.1, 0.15) is 25.7 Å². The van der Waals surface area contributed by atoms with Gasteiger partial charge in [0.15, 0.2) is 0 Å². The third-order valence-electron chi connectivity index (χ3n) is 6.99. The highest BCUT2D eigenvalue weighted by Crippen LogP contribution is 2.30. The zero-order valence-corrected chi connectivity index (χ0v) is 21.2. The number of nitrogens with zero attached hydrogens (tertiary/aromatic N) is 1. The van der Waals surface area contributed by atoms with Gasteiger partial charge in [0.1, 0.15) is 17.1 Å². The number of anilines is 1. The molecule has 0 atom stereocenters. The Morgan fingerprint density at radius 3 is 2.41 bits per heavy atom. The Labute approximate surface area is 216 Å². The fourth-order valence-electron chi connectivity index (χ4n) is 4.47. The van der Waals surface area contributed by atoms with Crippen LogP contribution in [0.5, 0.6) is 5.75 Å². The first-order valence-corrected chi connectivity index (χ1v) is 12.9. The number of halogens is 1. The molecule has 0 spiro atoms. The number of aliphatic hydroxyl groups is 3. The molecule has 208 valence electrons. The van der Waals surface area contributed by atoms with Gasteiger partial charge in [0.05, 0.1) is 38.0 Å². The molecule has 2 heterocycles. The normalized spacial score (nSPS) is 16.7. The van der Waals surface area contributed by atoms with E-state index in [0.717, 1.165) is 31.8 Å². The number of nitrogens with one attached hydrogen (secondary N) is 4. The number of ether oxygens (including phenoxy) is 1. The number of piperidine rings is 1. The zero-order valence-electron chi connectivity index (χ0n) is 21.2. The summed E-state index contributed by atoms with van der Waals surface area (Å²) in [6.07, 6.45) is 4.48. The molecule has 1 aromatic rings. The summed E-state index contributed by atoms with van der Waals surface area (Å²) in [6.45, 7) is 1.90. The number of carbonyl (C=O) groups is 2. The van der Waals surface area contributed by atoms with Crippen molar-refractivity contribution in [3.05, 3.63) is 24.0 Å². The predicted molar refractivity (Wildman–Crippen MR) is 136 cm³/mol. The molecule has 7 N–H and O–H groups in total. The van der Waals surface area contributed by atoms with Gasteiger partial charge >= 0.3 is 6.03 Å². The first kappa shape index (κ1) is 28.9. The predicted octanol–water partition coefficient (Wildman–Crippen LogP) is -0.448. The number of benzene rings is 1. The molecule has 37 heavy (non-hydrogen) atoms. The van der Waals surface area contributed by atoms with Gasteiger partial charge < -0.3 is 46.2 Å². The van der Waals surface area contributed by atoms with E-state index in [1.165, 1.54) is 18.9 Å². The molecule has 2 fully saturated rings. The van der Waals surface area contributed by atoms with Gasteiger partial charge in [-0.15, -0.1) is 0 Å². The molecule has 0 saturated carbocycles. The summed E-state index contributed by atoms with van der Waals surface area (Å²) < 4.78 is 20.4. The van der Waals surface area contributed by atoms with Crippen LogP contribution in [0, 0.1) is 17.7 Å². The summed E-state index contributed by atoms with van der Waals surface area (Å²) in [5.41, 5.74) is -1.08. The van der Waals surface area contributed by atoms with Crippen LogP contribution in [-0.4, -0.2) is 98.5 Å². The number of aliphatic hydroxyl groups excluding tert-OH is 3. The van der Waals surface area contributed by atoms with Gasteiger partial charge in [-0.25, -0.2) is 9.18 Å². The maximum absolute atomic E-state index is 14.6. The van der Waals surface area contributed by atoms with Crippen molar-refractivity contribution in [1.82, 2.24) is 21.3 Å². The number of rotatable bonds is 14. The van der Waals surface area contributed by atoms with Crippen LogP contribution >= 0.6 is 0 Å². The molecule has 2 aliphatic heterocycles. The van der Waals surface area contributed by atoms with Crippen molar-refractivity contribution in [2.75, 3.05) is 70.6 Å². The third-order valence-corrected chi connectivity index (χ3v) is 6.99. The Balaban J connectivity index is 1.31. The van der Waals surface area contributed by atoms with Gasteiger partial charge in [0.2, 0.25) is 5.91 Å². The van der Waals surface area contributed by atoms with Gasteiger partial charge in [0.25, 0.3) is 0 Å². The lowest BCUT2D eigenvalue weighted by Gasteiger charge is -2.40. The van der Waals surface area contributed by atoms with Crippen LogP contribution in [0.15, 0.2) is 18.2 Å². The number of urea groups is 1. The monoisotopic (exact) mass is 525 g/mol. The molecule has 11 nitrogen and oxygen atoms in total. The number of hydrogen-bond acceptors (Lipinski definition) is 8. The minimum absolute atomic E-state index is 0.111. The van der Waals surface area contributed by atoms with Gasteiger partial charge in [-0.2, -0.15) is 0 Å². The van der Waals surface area contributed by atoms with E-state index in [-0.39, 0.29) is 30.7 Å². The minimum atomic E-state index is -1.52. The van der Waals surface area contributed by atoms with Crippen molar-refractivity contribution in [2.24, 2.45) is 11.8 Å². The lowest BCUT2D eigenvalue weighted by atomic mass is 9.93. The SMILES string of the molecule is O=C(NCCNC(=O)C1CN(c2ccc(OCCCC3CCNCC3)cc2F)C1)NC(CO)(CO)CO. The van der Waals surface area contributed by atoms with Crippen LogP contribution in [-0.2, 0) is 4.79 Å². The Kier molecular flexibility index (Phi) is 11.2. The fraction of sp³-hybridized carbons (Fsp3) is 0.680. The lowest BCUT2D eigenvalue weighted by molar-refractivity contribution is -0.125. The zero-order chi connectivity index (χ0) is 26.7. The maximum Gasteiger partial charge on any atom is 0.315 e. The second-order valence-corrected chi connectivity index (χ2v) is 9.83. The molecule has 3 rings (SSSR count). The molecule has 0 aromatic heterocycles. The van der Waals surface area contributed by atoms with Crippen molar-refractivity contribution in [3.63, 3.8) is 0 Å². The minimum Gasteiger partial charge on any atom is -0.493 e. The molecular formula is C25H40FN5O6. The highest BCUT2D eigenvalue weighted by atomic mass is 19.1. The quantitative estimate of drug-likeness (QED) is 0.161. The van der Waals surface area contributed by atoms with Crippen molar-refractivity contribution >= 4 is 17.6 Å². The van der Waals surface area contributed by atoms with E-state index < -0.39 is 31.4 Å². The van der Waals surface area contributed by atoms with Gasteiger partial charge in [-0.3, -0.25) is 4.79 Å². The van der Waals surface area contributed by atoms with E-state index in [0.29, 0.717) is 31.1 Å². The summed E-state index contributed by atoms with van der Waals surface area (Å²) in [4.78, 5) is 26.0. The molecule has 0 aliphatic carbocycles. The Bertz CT molecular complexity index is 867. The Morgan fingerprint density at radius 1 is 1.08 bits per heavy atom. The first-order valence-electron chi connectivity index (χ1n) is 12.9. The standard InChI is InChI=1S/C25H40FN5O6/c26-21-12-20(37-11-1-2-18-5-7-27-8-6-18)3-4-22(21)31-13-19(14-31)23(35)28-9-10-29-24(36)30-25(15-32,16-33)17-34/h3-4,12,18-19,27,32-34H,1-2,5-11,13-17H2,(H,28,35)(H2,29,30,36). The molecule has 0 bridgehead atoms. The highest BCUT2D eigenvalue weighted by Gasteiger charge is 2.34. The van der Waals surface area contributed by atoms with E-state index in [4.69, 9.17) is 4.74 Å². The van der Waals surface area contributed by atoms with Crippen LogP contribution in [0.25, 0.3) is 0 Å². The van der Waals surface area contributed by atoms with Crippen molar-refractivity contribution in [3.8, 4) is 5.75 Å². The number of amides is 3. The van der Waals surface area contributed by atoms with Crippen molar-refractivity contribution in [2.45, 2.75) is 31.2 Å². The average molecular weight is 526 g/mol. The highest BCUT2D eigenvalue weighted by molar-refractivity contribution is 5.82. The fourth-order valence-corrected chi connectivity index (χ4v) is 4.47. The molecule has 12 heteroatoms. The second-order valence-electron chi connectivity index (χ2n) is 9.83. The molecule has 2 aliphatic rings. The van der Waals surface area contributed by atoms with Gasteiger partial charge in [0, 0.05) is 32.2 Å². The van der Waals surface area contributed by atoms with Crippen LogP contribution in [0.2, 0.25) is 0 Å². The molecule has 0 radical (unpaired) electrons. The summed E-state index contributed by atoms with van der Waals surface area (Å²) >= 11 is 0. The summed E-state index contributed by atoms with van der Waals surface area (Å²) in [5, 5.41) is 38.6. The lowest BCUT2D eigenvalue weighted by Crippen LogP contribution is -2.60. The largest absolute Gasteiger partial charge is 0.493 e. The van der Waals surface area contributed by atoms with Crippen LogP contribution in [0.3, 0.4) is 0 Å². The second kappa shape index (κ2) is 14.3. The smallest absolute Gasteiger partial charge is 0.315 e. The number of hydrogen-bond donors (Lipinski definition) is 7. The molecule has 2 saturated heterocycles. The van der Waals surface area contributed by atoms with Crippen LogP contribution < -0.4 is 30.9 Å². The summed E-state index contributed by atoms with van der Waals surface area (Å²) in [6, 6.07) is 4.14. The maximum atomic E-state index is 14.6. The number of carbonyl (C=O) groups excluding carboxylic acids is 2. The van der Waals surface area contributed by atoms with E-state index in [9.17, 15) is 29.3 Å². The third kappa shape index (κ3) is 8.42. The molecule has 1 aromatic carbocycles. The van der Waals surface area contributed by atoms with E-state index in [2.05, 4.69) is 21.3 Å². The molecular weight excluding hydrogens is 485 g/mol. The topological polar surface area (TPSA) is 155 Å². The molecule has 0 unspecified atom stereocenters. The summed E-state index contributed by atoms with van der Waals surface area (Å²) in [7, 11) is 0. The Morgan fingerprint density at radius 2 is 1.76 bits per heavy atom. The van der Waals surface area contributed by atoms with Gasteiger partial charge in [-0.1, -0.05) is 0 Å². The van der Waals surface area contributed by atoms with Crippen molar-refractivity contribution < 1.29 is 34.0 Å². The van der Waals surface area contributed by atoms with Crippen molar-refractivity contribution in [1.29, 1.82) is 0 Å². The Hall–Kier alpha value is -2.67. The summed E-state index contributed by atoms with van der Waals surface area (Å²) in [5.74, 6) is 0.391. The molecule has 3 amide bonds. The van der Waals surface area contributed by atoms with E-state index in [1.807, 2.05) is 0 Å². The van der Waals surface area contributed by atoms with E-state index >= 15 is 0 Å². The first-order chi connectivity index (χ1) is 17.9. The van der Waals surface area contributed by atoms with Crippen LogP contribution in [0.4, 0.5) is 14.9 Å². The van der Waals surface area contributed by atoms with E-state index in [1.54, 1.807) is 17.0 Å². The van der Waals surface area contributed by atoms with Gasteiger partial charge in [-0.05, 0) is 56.8 Å².